The summed E-state index contributed by atoms with van der Waals surface area (Å²) in [6, 6.07) is 8.33. The Morgan fingerprint density at radius 2 is 2.23 bits per heavy atom. The van der Waals surface area contributed by atoms with Gasteiger partial charge in [0.05, 0.1) is 6.54 Å². The molecule has 1 aliphatic rings. The molecular weight excluding hydrogens is 296 g/mol. The van der Waals surface area contributed by atoms with Crippen molar-refractivity contribution in [3.05, 3.63) is 57.3 Å². The molecule has 0 amide bonds. The van der Waals surface area contributed by atoms with E-state index in [1.165, 1.54) is 18.4 Å². The fraction of sp³-hybridized carbons (Fsp3) is 0.375. The van der Waals surface area contributed by atoms with Crippen LogP contribution >= 0.6 is 11.3 Å². The molecule has 1 aliphatic heterocycles. The minimum absolute atomic E-state index is 0.0538. The number of rotatable bonds is 4. The number of aromatic nitrogens is 3. The van der Waals surface area contributed by atoms with Gasteiger partial charge in [-0.25, -0.2) is 9.48 Å². The minimum Gasteiger partial charge on any atom is -0.294 e. The SMILES string of the molecule is O=c1n(CCN2CCC[C@@H]2c2ccsc2)nc2ccccn12. The molecule has 4 heterocycles. The highest BCUT2D eigenvalue weighted by Gasteiger charge is 2.26. The van der Waals surface area contributed by atoms with E-state index in [1.54, 1.807) is 26.6 Å². The van der Waals surface area contributed by atoms with Gasteiger partial charge < -0.3 is 0 Å². The third-order valence-corrected chi connectivity index (χ3v) is 5.08. The lowest BCUT2D eigenvalue weighted by Gasteiger charge is -2.23. The number of fused-ring (bicyclic) bond motifs is 1. The van der Waals surface area contributed by atoms with Crippen LogP contribution in [0.2, 0.25) is 0 Å². The van der Waals surface area contributed by atoms with Gasteiger partial charge in [-0.3, -0.25) is 9.30 Å². The summed E-state index contributed by atoms with van der Waals surface area (Å²) >= 11 is 1.75. The van der Waals surface area contributed by atoms with E-state index in [-0.39, 0.29) is 5.69 Å². The predicted octanol–water partition coefficient (Wildman–Crippen LogP) is 2.39. The van der Waals surface area contributed by atoms with Crippen molar-refractivity contribution in [2.75, 3.05) is 13.1 Å². The van der Waals surface area contributed by atoms with Crippen molar-refractivity contribution in [1.29, 1.82) is 0 Å². The van der Waals surface area contributed by atoms with Gasteiger partial charge in [0.2, 0.25) is 0 Å². The van der Waals surface area contributed by atoms with Crippen LogP contribution in [0.1, 0.15) is 24.4 Å². The van der Waals surface area contributed by atoms with Gasteiger partial charge in [0.1, 0.15) is 0 Å². The zero-order chi connectivity index (χ0) is 14.9. The third-order valence-electron chi connectivity index (χ3n) is 4.38. The van der Waals surface area contributed by atoms with Crippen molar-refractivity contribution >= 4 is 17.0 Å². The Hall–Kier alpha value is -1.92. The molecular formula is C16H18N4OS. The maximum Gasteiger partial charge on any atom is 0.350 e. The molecule has 6 heteroatoms. The number of hydrogen-bond donors (Lipinski definition) is 0. The summed E-state index contributed by atoms with van der Waals surface area (Å²) in [6.45, 7) is 2.61. The molecule has 0 aromatic carbocycles. The summed E-state index contributed by atoms with van der Waals surface area (Å²) < 4.78 is 3.18. The zero-order valence-corrected chi connectivity index (χ0v) is 13.1. The summed E-state index contributed by atoms with van der Waals surface area (Å²) in [4.78, 5) is 14.8. The van der Waals surface area contributed by atoms with E-state index in [0.29, 0.717) is 18.2 Å². The zero-order valence-electron chi connectivity index (χ0n) is 12.3. The summed E-state index contributed by atoms with van der Waals surface area (Å²) in [5.41, 5.74) is 2.06. The van der Waals surface area contributed by atoms with E-state index in [4.69, 9.17) is 0 Å². The molecule has 1 saturated heterocycles. The standard InChI is InChI=1S/C16H18N4OS/c21-16-19-8-2-1-5-15(19)17-20(16)10-9-18-7-3-4-14(18)13-6-11-22-12-13/h1-2,5-6,8,11-12,14H,3-4,7,9-10H2/t14-/m1/s1. The molecule has 0 spiro atoms. The predicted molar refractivity (Wildman–Crippen MR) is 87.3 cm³/mol. The van der Waals surface area contributed by atoms with E-state index < -0.39 is 0 Å². The first kappa shape index (κ1) is 13.7. The van der Waals surface area contributed by atoms with Crippen molar-refractivity contribution in [3.8, 4) is 0 Å². The number of nitrogens with zero attached hydrogens (tertiary/aromatic N) is 4. The Kier molecular flexibility index (Phi) is 3.56. The molecule has 1 atom stereocenters. The first-order valence-corrected chi connectivity index (χ1v) is 8.57. The van der Waals surface area contributed by atoms with Crippen molar-refractivity contribution < 1.29 is 0 Å². The molecule has 0 saturated carbocycles. The third kappa shape index (κ3) is 2.38. The van der Waals surface area contributed by atoms with Crippen LogP contribution in [0.3, 0.4) is 0 Å². The number of thiophene rings is 1. The number of likely N-dealkylation sites (tertiary alicyclic amines) is 1. The van der Waals surface area contributed by atoms with Gasteiger partial charge in [-0.05, 0) is 53.9 Å². The van der Waals surface area contributed by atoms with Crippen LogP contribution in [0, 0.1) is 0 Å². The maximum atomic E-state index is 12.3. The monoisotopic (exact) mass is 314 g/mol. The maximum absolute atomic E-state index is 12.3. The molecule has 0 radical (unpaired) electrons. The minimum atomic E-state index is -0.0538. The van der Waals surface area contributed by atoms with Crippen molar-refractivity contribution in [2.45, 2.75) is 25.4 Å². The molecule has 3 aromatic rings. The van der Waals surface area contributed by atoms with Crippen molar-refractivity contribution in [1.82, 2.24) is 19.1 Å². The lowest BCUT2D eigenvalue weighted by atomic mass is 10.1. The second kappa shape index (κ2) is 5.70. The topological polar surface area (TPSA) is 42.5 Å². The van der Waals surface area contributed by atoms with E-state index >= 15 is 0 Å². The first-order chi connectivity index (χ1) is 10.8. The molecule has 0 unspecified atom stereocenters. The van der Waals surface area contributed by atoms with Gasteiger partial charge >= 0.3 is 5.69 Å². The quantitative estimate of drug-likeness (QED) is 0.742. The molecule has 1 fully saturated rings. The summed E-state index contributed by atoms with van der Waals surface area (Å²) in [5, 5.41) is 8.78. The van der Waals surface area contributed by atoms with Gasteiger partial charge in [-0.2, -0.15) is 11.3 Å². The van der Waals surface area contributed by atoms with Gasteiger partial charge in [0, 0.05) is 18.8 Å². The van der Waals surface area contributed by atoms with Gasteiger partial charge in [0.15, 0.2) is 5.65 Å². The normalized spacial score (nSPS) is 19.2. The lowest BCUT2D eigenvalue weighted by molar-refractivity contribution is 0.242. The molecule has 4 rings (SSSR count). The smallest absolute Gasteiger partial charge is 0.294 e. The fourth-order valence-electron chi connectivity index (χ4n) is 3.27. The fourth-order valence-corrected chi connectivity index (χ4v) is 3.98. The Bertz CT molecular complexity index is 820. The van der Waals surface area contributed by atoms with E-state index in [9.17, 15) is 4.79 Å². The molecule has 22 heavy (non-hydrogen) atoms. The Morgan fingerprint density at radius 3 is 3.05 bits per heavy atom. The van der Waals surface area contributed by atoms with Crippen molar-refractivity contribution in [3.63, 3.8) is 0 Å². The average molecular weight is 314 g/mol. The van der Waals surface area contributed by atoms with Crippen LogP contribution in [-0.2, 0) is 6.54 Å². The molecule has 0 N–H and O–H groups in total. The highest BCUT2D eigenvalue weighted by atomic mass is 32.1. The van der Waals surface area contributed by atoms with Crippen LogP contribution < -0.4 is 5.69 Å². The highest BCUT2D eigenvalue weighted by Crippen LogP contribution is 2.32. The number of pyridine rings is 1. The van der Waals surface area contributed by atoms with E-state index in [1.807, 2.05) is 18.2 Å². The Labute approximate surface area is 132 Å². The van der Waals surface area contributed by atoms with Gasteiger partial charge in [0.25, 0.3) is 0 Å². The van der Waals surface area contributed by atoms with Gasteiger partial charge in [-0.15, -0.1) is 5.10 Å². The molecule has 0 bridgehead atoms. The van der Waals surface area contributed by atoms with Crippen LogP contribution in [0.4, 0.5) is 0 Å². The molecule has 0 aliphatic carbocycles. The van der Waals surface area contributed by atoms with E-state index in [2.05, 4.69) is 26.8 Å². The Balaban J connectivity index is 1.52. The Morgan fingerprint density at radius 1 is 1.27 bits per heavy atom. The van der Waals surface area contributed by atoms with Crippen LogP contribution in [0.25, 0.3) is 5.65 Å². The van der Waals surface area contributed by atoms with Crippen LogP contribution in [0.15, 0.2) is 46.0 Å². The van der Waals surface area contributed by atoms with Crippen molar-refractivity contribution in [2.24, 2.45) is 0 Å². The van der Waals surface area contributed by atoms with Gasteiger partial charge in [-0.1, -0.05) is 6.07 Å². The molecule has 3 aromatic heterocycles. The second-order valence-corrected chi connectivity index (χ2v) is 6.47. The first-order valence-electron chi connectivity index (χ1n) is 7.63. The molecule has 114 valence electrons. The van der Waals surface area contributed by atoms with Crippen LogP contribution in [-0.4, -0.2) is 32.2 Å². The summed E-state index contributed by atoms with van der Waals surface area (Å²) in [6.07, 6.45) is 4.20. The van der Waals surface area contributed by atoms with E-state index in [0.717, 1.165) is 13.1 Å². The second-order valence-electron chi connectivity index (χ2n) is 5.69. The summed E-state index contributed by atoms with van der Waals surface area (Å²) in [5.74, 6) is 0. The van der Waals surface area contributed by atoms with Crippen LogP contribution in [0.5, 0.6) is 0 Å². The number of hydrogen-bond acceptors (Lipinski definition) is 4. The average Bonchev–Trinajstić information content (AvgIpc) is 3.25. The largest absolute Gasteiger partial charge is 0.350 e. The summed E-state index contributed by atoms with van der Waals surface area (Å²) in [7, 11) is 0. The highest BCUT2D eigenvalue weighted by molar-refractivity contribution is 7.07. The molecule has 5 nitrogen and oxygen atoms in total. The lowest BCUT2D eigenvalue weighted by Crippen LogP contribution is -2.31.